The molecule has 0 aromatic carbocycles. The summed E-state index contributed by atoms with van der Waals surface area (Å²) in [6.07, 6.45) is 3.46. The lowest BCUT2D eigenvalue weighted by atomic mass is 9.54. The summed E-state index contributed by atoms with van der Waals surface area (Å²) in [6, 6.07) is 0.129. The van der Waals surface area contributed by atoms with Gasteiger partial charge in [-0.25, -0.2) is 0 Å². The summed E-state index contributed by atoms with van der Waals surface area (Å²) in [6.45, 7) is 6.43. The SMILES string of the molecule is CC1=C2C[C@@]3(C)C(C[C@H]2NC1=O)C(=O)CC[C@@H]3C. The maximum Gasteiger partial charge on any atom is 0.247 e. The topological polar surface area (TPSA) is 46.2 Å². The zero-order chi connectivity index (χ0) is 13.1. The molecule has 3 rings (SSSR count). The highest BCUT2D eigenvalue weighted by molar-refractivity contribution is 5.97. The van der Waals surface area contributed by atoms with E-state index in [4.69, 9.17) is 0 Å². The second-order valence-electron chi connectivity index (χ2n) is 6.55. The first kappa shape index (κ1) is 11.9. The highest BCUT2D eigenvalue weighted by Crippen LogP contribution is 2.54. The van der Waals surface area contributed by atoms with Gasteiger partial charge in [-0.05, 0) is 43.1 Å². The van der Waals surface area contributed by atoms with Crippen LogP contribution in [0, 0.1) is 17.3 Å². The van der Waals surface area contributed by atoms with Gasteiger partial charge < -0.3 is 5.32 Å². The highest BCUT2D eigenvalue weighted by atomic mass is 16.2. The van der Waals surface area contributed by atoms with E-state index >= 15 is 0 Å². The summed E-state index contributed by atoms with van der Waals surface area (Å²) < 4.78 is 0. The molecule has 2 aliphatic carbocycles. The van der Waals surface area contributed by atoms with Gasteiger partial charge in [-0.1, -0.05) is 13.8 Å². The minimum atomic E-state index is 0.0642. The molecule has 18 heavy (non-hydrogen) atoms. The first-order chi connectivity index (χ1) is 8.43. The van der Waals surface area contributed by atoms with Crippen molar-refractivity contribution in [1.29, 1.82) is 0 Å². The van der Waals surface area contributed by atoms with Crippen LogP contribution in [0.15, 0.2) is 11.1 Å². The van der Waals surface area contributed by atoms with Crippen molar-refractivity contribution < 1.29 is 9.59 Å². The number of carbonyl (C=O) groups excluding carboxylic acids is 2. The smallest absolute Gasteiger partial charge is 0.247 e. The number of amides is 1. The van der Waals surface area contributed by atoms with E-state index in [0.717, 1.165) is 31.3 Å². The lowest BCUT2D eigenvalue weighted by Crippen LogP contribution is -2.50. The van der Waals surface area contributed by atoms with E-state index in [1.165, 1.54) is 5.57 Å². The van der Waals surface area contributed by atoms with Gasteiger partial charge in [-0.3, -0.25) is 9.59 Å². The Kier molecular flexibility index (Phi) is 2.45. The van der Waals surface area contributed by atoms with Crippen LogP contribution in [0.2, 0.25) is 0 Å². The predicted octanol–water partition coefficient (Wildman–Crippen LogP) is 2.22. The molecule has 1 amide bonds. The van der Waals surface area contributed by atoms with Crippen molar-refractivity contribution in [2.75, 3.05) is 0 Å². The number of hydrogen-bond donors (Lipinski definition) is 1. The third-order valence-corrected chi connectivity index (χ3v) is 5.73. The third-order valence-electron chi connectivity index (χ3n) is 5.73. The Bertz CT molecular complexity index is 465. The molecule has 0 radical (unpaired) electrons. The van der Waals surface area contributed by atoms with Gasteiger partial charge in [0, 0.05) is 17.9 Å². The van der Waals surface area contributed by atoms with Crippen LogP contribution in [0.5, 0.6) is 0 Å². The number of fused-ring (bicyclic) bond motifs is 2. The number of ketones is 1. The Balaban J connectivity index is 2.00. The summed E-state index contributed by atoms with van der Waals surface area (Å²) in [5.41, 5.74) is 2.22. The molecular weight excluding hydrogens is 226 g/mol. The van der Waals surface area contributed by atoms with Gasteiger partial charge >= 0.3 is 0 Å². The molecule has 1 heterocycles. The molecule has 2 fully saturated rings. The van der Waals surface area contributed by atoms with E-state index in [0.29, 0.717) is 11.7 Å². The summed E-state index contributed by atoms with van der Waals surface area (Å²) in [5.74, 6) is 1.18. The van der Waals surface area contributed by atoms with Crippen LogP contribution in [0.25, 0.3) is 0 Å². The molecule has 0 bridgehead atoms. The van der Waals surface area contributed by atoms with E-state index in [-0.39, 0.29) is 23.3 Å². The number of carbonyl (C=O) groups is 2. The van der Waals surface area contributed by atoms with E-state index in [2.05, 4.69) is 19.2 Å². The molecule has 1 N–H and O–H groups in total. The quantitative estimate of drug-likeness (QED) is 0.713. The second-order valence-corrected chi connectivity index (χ2v) is 6.55. The number of hydrogen-bond acceptors (Lipinski definition) is 2. The number of nitrogens with one attached hydrogen (secondary N) is 1. The highest BCUT2D eigenvalue weighted by Gasteiger charge is 2.52. The molecule has 2 saturated carbocycles. The molecule has 0 spiro atoms. The van der Waals surface area contributed by atoms with E-state index < -0.39 is 0 Å². The molecule has 1 aliphatic heterocycles. The first-order valence-corrected chi connectivity index (χ1v) is 6.96. The zero-order valence-corrected chi connectivity index (χ0v) is 11.4. The minimum Gasteiger partial charge on any atom is -0.346 e. The fraction of sp³-hybridized carbons (Fsp3) is 0.733. The molecule has 0 aromatic rings. The fourth-order valence-electron chi connectivity index (χ4n) is 4.14. The van der Waals surface area contributed by atoms with E-state index in [9.17, 15) is 9.59 Å². The maximum absolute atomic E-state index is 12.2. The summed E-state index contributed by atoms with van der Waals surface area (Å²) in [4.78, 5) is 24.0. The van der Waals surface area contributed by atoms with Gasteiger partial charge in [0.05, 0.1) is 6.04 Å². The van der Waals surface area contributed by atoms with Crippen molar-refractivity contribution in [1.82, 2.24) is 5.32 Å². The normalized spacial score (nSPS) is 43.6. The Morgan fingerprint density at radius 1 is 1.33 bits per heavy atom. The number of Topliss-reactive ketones (excluding diaryl/α,β-unsaturated/α-hetero) is 1. The van der Waals surface area contributed by atoms with Crippen LogP contribution in [-0.4, -0.2) is 17.7 Å². The molecule has 0 saturated heterocycles. The largest absolute Gasteiger partial charge is 0.346 e. The Morgan fingerprint density at radius 2 is 2.06 bits per heavy atom. The van der Waals surface area contributed by atoms with Gasteiger partial charge in [0.1, 0.15) is 5.78 Å². The molecule has 3 heteroatoms. The lowest BCUT2D eigenvalue weighted by molar-refractivity contribution is -0.135. The maximum atomic E-state index is 12.2. The first-order valence-electron chi connectivity index (χ1n) is 6.96. The average Bonchev–Trinajstić information content (AvgIpc) is 2.59. The van der Waals surface area contributed by atoms with Crippen molar-refractivity contribution in [3.8, 4) is 0 Å². The zero-order valence-electron chi connectivity index (χ0n) is 11.4. The van der Waals surface area contributed by atoms with Gasteiger partial charge in [-0.2, -0.15) is 0 Å². The summed E-state index contributed by atoms with van der Waals surface area (Å²) in [7, 11) is 0. The monoisotopic (exact) mass is 247 g/mol. The van der Waals surface area contributed by atoms with E-state index in [1.54, 1.807) is 0 Å². The van der Waals surface area contributed by atoms with Crippen LogP contribution < -0.4 is 5.32 Å². The van der Waals surface area contributed by atoms with Crippen molar-refractivity contribution in [3.63, 3.8) is 0 Å². The third kappa shape index (κ3) is 1.42. The fourth-order valence-corrected chi connectivity index (χ4v) is 4.14. The summed E-state index contributed by atoms with van der Waals surface area (Å²) >= 11 is 0. The van der Waals surface area contributed by atoms with Crippen LogP contribution in [0.4, 0.5) is 0 Å². The van der Waals surface area contributed by atoms with Crippen LogP contribution in [0.3, 0.4) is 0 Å². The van der Waals surface area contributed by atoms with Crippen LogP contribution >= 0.6 is 0 Å². The van der Waals surface area contributed by atoms with Gasteiger partial charge in [-0.15, -0.1) is 0 Å². The minimum absolute atomic E-state index is 0.0642. The van der Waals surface area contributed by atoms with Crippen LogP contribution in [0.1, 0.15) is 46.5 Å². The molecule has 4 atom stereocenters. The Morgan fingerprint density at radius 3 is 2.78 bits per heavy atom. The second kappa shape index (κ2) is 3.69. The van der Waals surface area contributed by atoms with Gasteiger partial charge in [0.25, 0.3) is 0 Å². The van der Waals surface area contributed by atoms with Gasteiger partial charge in [0.15, 0.2) is 0 Å². The molecule has 3 aliphatic rings. The van der Waals surface area contributed by atoms with E-state index in [1.807, 2.05) is 6.92 Å². The number of rotatable bonds is 0. The molecule has 3 nitrogen and oxygen atoms in total. The average molecular weight is 247 g/mol. The summed E-state index contributed by atoms with van der Waals surface area (Å²) in [5, 5.41) is 3.03. The Labute approximate surface area is 108 Å². The molecule has 1 unspecified atom stereocenters. The molecular formula is C15H21NO2. The van der Waals surface area contributed by atoms with Crippen molar-refractivity contribution in [2.24, 2.45) is 17.3 Å². The van der Waals surface area contributed by atoms with Crippen molar-refractivity contribution in [3.05, 3.63) is 11.1 Å². The predicted molar refractivity (Wildman–Crippen MR) is 68.9 cm³/mol. The van der Waals surface area contributed by atoms with Crippen molar-refractivity contribution >= 4 is 11.7 Å². The standard InChI is InChI=1S/C15H21NO2/c1-8-4-5-13(17)11-6-12-10(7-15(8,11)3)9(2)14(18)16-12/h8,11-12H,4-7H2,1-3H3,(H,16,18)/t8-,11?,12+,15+/m0/s1. The Hall–Kier alpha value is -1.12. The van der Waals surface area contributed by atoms with Crippen molar-refractivity contribution in [2.45, 2.75) is 52.5 Å². The lowest BCUT2D eigenvalue weighted by Gasteiger charge is -2.50. The molecule has 98 valence electrons. The molecule has 0 aromatic heterocycles. The van der Waals surface area contributed by atoms with Gasteiger partial charge in [0.2, 0.25) is 5.91 Å². The van der Waals surface area contributed by atoms with Crippen LogP contribution in [-0.2, 0) is 9.59 Å².